The lowest BCUT2D eigenvalue weighted by atomic mass is 10.1. The number of primary amides is 1. The Hall–Kier alpha value is -1.97. The molecule has 0 aliphatic rings. The normalized spacial score (nSPS) is 10.5. The smallest absolute Gasteiger partial charge is 0.250 e. The Morgan fingerprint density at radius 1 is 1.40 bits per heavy atom. The molecular formula is C11H9FN2O. The number of aryl methyl sites for hydroxylation is 1. The first-order valence-electron chi connectivity index (χ1n) is 4.44. The predicted octanol–water partition coefficient (Wildman–Crippen LogP) is 1.78. The van der Waals surface area contributed by atoms with E-state index < -0.39 is 5.91 Å². The van der Waals surface area contributed by atoms with Crippen LogP contribution in [0.25, 0.3) is 10.9 Å². The SMILES string of the molecule is Cc1nc2ccc(F)cc2cc1C(N)=O. The molecule has 0 bridgehead atoms. The number of nitrogens with two attached hydrogens (primary N) is 1. The van der Waals surface area contributed by atoms with Crippen molar-refractivity contribution in [2.24, 2.45) is 5.73 Å². The van der Waals surface area contributed by atoms with Gasteiger partial charge >= 0.3 is 0 Å². The summed E-state index contributed by atoms with van der Waals surface area (Å²) in [6.45, 7) is 1.70. The van der Waals surface area contributed by atoms with Gasteiger partial charge in [0, 0.05) is 5.39 Å². The van der Waals surface area contributed by atoms with Crippen LogP contribution >= 0.6 is 0 Å². The fraction of sp³-hybridized carbons (Fsp3) is 0.0909. The van der Waals surface area contributed by atoms with E-state index in [9.17, 15) is 9.18 Å². The van der Waals surface area contributed by atoms with Gasteiger partial charge in [-0.25, -0.2) is 4.39 Å². The van der Waals surface area contributed by atoms with Crippen molar-refractivity contribution in [2.45, 2.75) is 6.92 Å². The standard InChI is InChI=1S/C11H9FN2O/c1-6-9(11(13)15)5-7-4-8(12)2-3-10(7)14-6/h2-5H,1H3,(H2,13,15). The first kappa shape index (κ1) is 9.58. The van der Waals surface area contributed by atoms with Crippen molar-refractivity contribution in [2.75, 3.05) is 0 Å². The summed E-state index contributed by atoms with van der Waals surface area (Å²) < 4.78 is 12.9. The van der Waals surface area contributed by atoms with Gasteiger partial charge in [0.15, 0.2) is 0 Å². The van der Waals surface area contributed by atoms with E-state index in [1.807, 2.05) is 0 Å². The molecule has 15 heavy (non-hydrogen) atoms. The number of hydrogen-bond donors (Lipinski definition) is 1. The summed E-state index contributed by atoms with van der Waals surface area (Å²) in [5.41, 5.74) is 6.71. The molecule has 2 aromatic rings. The van der Waals surface area contributed by atoms with E-state index in [1.165, 1.54) is 12.1 Å². The summed E-state index contributed by atoms with van der Waals surface area (Å²) in [6, 6.07) is 5.79. The van der Waals surface area contributed by atoms with Crippen LogP contribution in [0.5, 0.6) is 0 Å². The summed E-state index contributed by atoms with van der Waals surface area (Å²) in [4.78, 5) is 15.2. The van der Waals surface area contributed by atoms with Crippen LogP contribution in [0.1, 0.15) is 16.1 Å². The third-order valence-electron chi connectivity index (χ3n) is 2.23. The molecule has 0 atom stereocenters. The Kier molecular flexibility index (Phi) is 2.11. The maximum absolute atomic E-state index is 12.9. The van der Waals surface area contributed by atoms with E-state index in [0.717, 1.165) is 0 Å². The van der Waals surface area contributed by atoms with Gasteiger partial charge < -0.3 is 5.73 Å². The average molecular weight is 204 g/mol. The lowest BCUT2D eigenvalue weighted by Gasteiger charge is -2.03. The maximum atomic E-state index is 12.9. The summed E-state index contributed by atoms with van der Waals surface area (Å²) >= 11 is 0. The van der Waals surface area contributed by atoms with Crippen molar-refractivity contribution in [3.8, 4) is 0 Å². The van der Waals surface area contributed by atoms with Crippen molar-refractivity contribution in [1.82, 2.24) is 4.98 Å². The van der Waals surface area contributed by atoms with Gasteiger partial charge in [-0.15, -0.1) is 0 Å². The first-order chi connectivity index (χ1) is 7.08. The topological polar surface area (TPSA) is 56.0 Å². The fourth-order valence-corrected chi connectivity index (χ4v) is 1.49. The molecule has 0 saturated heterocycles. The Morgan fingerprint density at radius 2 is 2.13 bits per heavy atom. The molecule has 1 amide bonds. The second kappa shape index (κ2) is 3.31. The van der Waals surface area contributed by atoms with Crippen LogP contribution in [-0.4, -0.2) is 10.9 Å². The molecule has 2 rings (SSSR count). The maximum Gasteiger partial charge on any atom is 0.250 e. The zero-order valence-corrected chi connectivity index (χ0v) is 8.12. The third-order valence-corrected chi connectivity index (χ3v) is 2.23. The highest BCUT2D eigenvalue weighted by atomic mass is 19.1. The lowest BCUT2D eigenvalue weighted by molar-refractivity contribution is 0.0999. The molecule has 0 unspecified atom stereocenters. The minimum absolute atomic E-state index is 0.327. The Morgan fingerprint density at radius 3 is 2.80 bits per heavy atom. The van der Waals surface area contributed by atoms with E-state index in [4.69, 9.17) is 5.73 Å². The van der Waals surface area contributed by atoms with Crippen LogP contribution in [0.15, 0.2) is 24.3 Å². The highest BCUT2D eigenvalue weighted by Crippen LogP contribution is 2.17. The summed E-state index contributed by atoms with van der Waals surface area (Å²) in [5.74, 6) is -0.908. The third kappa shape index (κ3) is 1.66. The molecule has 0 aliphatic heterocycles. The average Bonchev–Trinajstić information content (AvgIpc) is 2.17. The molecule has 3 nitrogen and oxygen atoms in total. The number of benzene rings is 1. The monoisotopic (exact) mass is 204 g/mol. The summed E-state index contributed by atoms with van der Waals surface area (Å²) in [7, 11) is 0. The number of carbonyl (C=O) groups excluding carboxylic acids is 1. The summed E-state index contributed by atoms with van der Waals surface area (Å²) in [5, 5.41) is 0.578. The molecular weight excluding hydrogens is 195 g/mol. The van der Waals surface area contributed by atoms with Crippen LogP contribution in [0.2, 0.25) is 0 Å². The second-order valence-corrected chi connectivity index (χ2v) is 3.32. The van der Waals surface area contributed by atoms with Crippen molar-refractivity contribution in [3.63, 3.8) is 0 Å². The molecule has 1 aromatic heterocycles. The minimum atomic E-state index is -0.550. The molecule has 0 radical (unpaired) electrons. The minimum Gasteiger partial charge on any atom is -0.366 e. The van der Waals surface area contributed by atoms with Gasteiger partial charge in [-0.2, -0.15) is 0 Å². The van der Waals surface area contributed by atoms with Crippen LogP contribution in [-0.2, 0) is 0 Å². The zero-order chi connectivity index (χ0) is 11.0. The molecule has 0 saturated carbocycles. The number of halogens is 1. The van der Waals surface area contributed by atoms with Gasteiger partial charge in [-0.3, -0.25) is 9.78 Å². The quantitative estimate of drug-likeness (QED) is 0.769. The largest absolute Gasteiger partial charge is 0.366 e. The van der Waals surface area contributed by atoms with Gasteiger partial charge in [-0.1, -0.05) is 0 Å². The van der Waals surface area contributed by atoms with E-state index in [0.29, 0.717) is 22.2 Å². The Balaban J connectivity index is 2.77. The number of carbonyl (C=O) groups is 1. The van der Waals surface area contributed by atoms with Crippen LogP contribution in [0, 0.1) is 12.7 Å². The van der Waals surface area contributed by atoms with Crippen LogP contribution in [0.3, 0.4) is 0 Å². The highest BCUT2D eigenvalue weighted by molar-refractivity contribution is 5.97. The summed E-state index contributed by atoms with van der Waals surface area (Å²) in [6.07, 6.45) is 0. The van der Waals surface area contributed by atoms with E-state index in [2.05, 4.69) is 4.98 Å². The first-order valence-corrected chi connectivity index (χ1v) is 4.44. The molecule has 1 aromatic carbocycles. The predicted molar refractivity (Wildman–Crippen MR) is 55.0 cm³/mol. The Labute approximate surface area is 85.7 Å². The highest BCUT2D eigenvalue weighted by Gasteiger charge is 2.08. The second-order valence-electron chi connectivity index (χ2n) is 3.32. The van der Waals surface area contributed by atoms with E-state index >= 15 is 0 Å². The van der Waals surface area contributed by atoms with Crippen molar-refractivity contribution >= 4 is 16.8 Å². The fourth-order valence-electron chi connectivity index (χ4n) is 1.49. The molecule has 0 aliphatic carbocycles. The molecule has 4 heteroatoms. The van der Waals surface area contributed by atoms with Crippen molar-refractivity contribution < 1.29 is 9.18 Å². The number of fused-ring (bicyclic) bond motifs is 1. The molecule has 0 fully saturated rings. The molecule has 2 N–H and O–H groups in total. The molecule has 1 heterocycles. The number of nitrogens with zero attached hydrogens (tertiary/aromatic N) is 1. The van der Waals surface area contributed by atoms with Crippen molar-refractivity contribution in [3.05, 3.63) is 41.3 Å². The number of amides is 1. The van der Waals surface area contributed by atoms with Crippen LogP contribution < -0.4 is 5.73 Å². The Bertz CT molecular complexity index is 552. The van der Waals surface area contributed by atoms with Crippen LogP contribution in [0.4, 0.5) is 4.39 Å². The van der Waals surface area contributed by atoms with Gasteiger partial charge in [0.2, 0.25) is 0 Å². The van der Waals surface area contributed by atoms with E-state index in [-0.39, 0.29) is 5.82 Å². The number of hydrogen-bond acceptors (Lipinski definition) is 2. The van der Waals surface area contributed by atoms with Gasteiger partial charge in [0.05, 0.1) is 16.8 Å². The zero-order valence-electron chi connectivity index (χ0n) is 8.12. The number of pyridine rings is 1. The molecule has 76 valence electrons. The van der Waals surface area contributed by atoms with Crippen molar-refractivity contribution in [1.29, 1.82) is 0 Å². The van der Waals surface area contributed by atoms with Gasteiger partial charge in [0.1, 0.15) is 5.82 Å². The number of aromatic nitrogens is 1. The van der Waals surface area contributed by atoms with E-state index in [1.54, 1.807) is 19.1 Å². The lowest BCUT2D eigenvalue weighted by Crippen LogP contribution is -2.13. The van der Waals surface area contributed by atoms with Gasteiger partial charge in [0.25, 0.3) is 5.91 Å². The number of rotatable bonds is 1. The van der Waals surface area contributed by atoms with Gasteiger partial charge in [-0.05, 0) is 31.2 Å². The molecule has 0 spiro atoms.